The number of carbonyl (C=O) groups is 1. The number of anilines is 2. The summed E-state index contributed by atoms with van der Waals surface area (Å²) in [4.78, 5) is 20.9. The molecule has 174 valence electrons. The molecule has 0 bridgehead atoms. The SMILES string of the molecule is Cc1ccc(NC(=O)c2cc(C(F)(F)F)cnn2)cc1-c1ccnc(-c2ccnc(N)c2)c1.Cl. The molecule has 0 fully saturated rings. The van der Waals surface area contributed by atoms with Crippen molar-refractivity contribution < 1.29 is 18.0 Å². The van der Waals surface area contributed by atoms with E-state index in [1.54, 1.807) is 42.7 Å². The van der Waals surface area contributed by atoms with Crippen molar-refractivity contribution in [1.29, 1.82) is 0 Å². The molecule has 4 rings (SSSR count). The second-order valence-electron chi connectivity index (χ2n) is 7.21. The summed E-state index contributed by atoms with van der Waals surface area (Å²) < 4.78 is 38.7. The second-order valence-corrected chi connectivity index (χ2v) is 7.21. The molecule has 1 amide bonds. The van der Waals surface area contributed by atoms with Crippen LogP contribution in [-0.2, 0) is 6.18 Å². The molecular weight excluding hydrogens is 469 g/mol. The Bertz CT molecular complexity index is 1350. The lowest BCUT2D eigenvalue weighted by atomic mass is 9.99. The third-order valence-corrected chi connectivity index (χ3v) is 4.86. The fourth-order valence-electron chi connectivity index (χ4n) is 3.20. The monoisotopic (exact) mass is 486 g/mol. The van der Waals surface area contributed by atoms with Crippen LogP contribution in [-0.4, -0.2) is 26.1 Å². The van der Waals surface area contributed by atoms with Crippen LogP contribution in [0.1, 0.15) is 21.6 Å². The molecule has 0 unspecified atom stereocenters. The Morgan fingerprint density at radius 2 is 1.71 bits per heavy atom. The normalized spacial score (nSPS) is 10.9. The third-order valence-electron chi connectivity index (χ3n) is 4.86. The van der Waals surface area contributed by atoms with E-state index in [0.717, 1.165) is 22.3 Å². The highest BCUT2D eigenvalue weighted by Gasteiger charge is 2.32. The van der Waals surface area contributed by atoms with Gasteiger partial charge in [-0.3, -0.25) is 9.78 Å². The van der Waals surface area contributed by atoms with Gasteiger partial charge >= 0.3 is 6.18 Å². The number of hydrogen-bond donors (Lipinski definition) is 2. The molecule has 3 heterocycles. The van der Waals surface area contributed by atoms with Crippen molar-refractivity contribution in [2.24, 2.45) is 0 Å². The van der Waals surface area contributed by atoms with Crippen LogP contribution in [0.5, 0.6) is 0 Å². The number of benzene rings is 1. The van der Waals surface area contributed by atoms with E-state index in [4.69, 9.17) is 5.73 Å². The van der Waals surface area contributed by atoms with E-state index in [2.05, 4.69) is 25.5 Å². The number of nitrogen functional groups attached to an aromatic ring is 1. The van der Waals surface area contributed by atoms with Gasteiger partial charge in [-0.15, -0.1) is 17.5 Å². The summed E-state index contributed by atoms with van der Waals surface area (Å²) in [5.74, 6) is -0.427. The van der Waals surface area contributed by atoms with Crippen LogP contribution in [0.25, 0.3) is 22.4 Å². The summed E-state index contributed by atoms with van der Waals surface area (Å²) in [7, 11) is 0. The number of aromatic nitrogens is 4. The Morgan fingerprint density at radius 1 is 0.971 bits per heavy atom. The fraction of sp³-hybridized carbons (Fsp3) is 0.0870. The molecule has 3 N–H and O–H groups in total. The molecule has 0 saturated heterocycles. The number of alkyl halides is 3. The lowest BCUT2D eigenvalue weighted by Crippen LogP contribution is -2.16. The zero-order chi connectivity index (χ0) is 23.6. The predicted molar refractivity (Wildman–Crippen MR) is 124 cm³/mol. The van der Waals surface area contributed by atoms with E-state index in [1.165, 1.54) is 0 Å². The molecule has 0 aliphatic rings. The van der Waals surface area contributed by atoms with Gasteiger partial charge in [0.05, 0.1) is 17.5 Å². The summed E-state index contributed by atoms with van der Waals surface area (Å²) in [6.07, 6.45) is -0.806. The van der Waals surface area contributed by atoms with E-state index >= 15 is 0 Å². The molecule has 0 aliphatic carbocycles. The lowest BCUT2D eigenvalue weighted by molar-refractivity contribution is -0.137. The van der Waals surface area contributed by atoms with E-state index in [9.17, 15) is 18.0 Å². The number of carbonyl (C=O) groups excluding carboxylic acids is 1. The van der Waals surface area contributed by atoms with Crippen LogP contribution < -0.4 is 11.1 Å². The van der Waals surface area contributed by atoms with Crippen molar-refractivity contribution in [2.75, 3.05) is 11.1 Å². The van der Waals surface area contributed by atoms with Crippen molar-refractivity contribution in [3.63, 3.8) is 0 Å². The van der Waals surface area contributed by atoms with Gasteiger partial charge in [0.15, 0.2) is 5.69 Å². The number of nitrogens with zero attached hydrogens (tertiary/aromatic N) is 4. The highest BCUT2D eigenvalue weighted by atomic mass is 35.5. The standard InChI is InChI=1S/C23H17F3N6O.ClH/c1-13-2-3-17(31-22(33)20-10-16(12-30-32-20)23(24,25)26)11-18(13)14-4-6-28-19(8-14)15-5-7-29-21(27)9-15;/h2-12H,1H3,(H2,27,29)(H,31,33);1H. The number of aryl methyl sites for hydroxylation is 1. The van der Waals surface area contributed by atoms with Crippen molar-refractivity contribution in [2.45, 2.75) is 13.1 Å². The van der Waals surface area contributed by atoms with Crippen LogP contribution in [0, 0.1) is 6.92 Å². The Balaban J connectivity index is 0.00000324. The minimum atomic E-state index is -4.62. The molecule has 4 aromatic rings. The van der Waals surface area contributed by atoms with Crippen molar-refractivity contribution >= 4 is 29.8 Å². The lowest BCUT2D eigenvalue weighted by Gasteiger charge is -2.12. The van der Waals surface area contributed by atoms with Gasteiger partial charge < -0.3 is 11.1 Å². The molecule has 0 saturated carbocycles. The molecular formula is C23H18ClF3N6O. The van der Waals surface area contributed by atoms with E-state index < -0.39 is 23.3 Å². The van der Waals surface area contributed by atoms with Crippen LogP contribution >= 0.6 is 12.4 Å². The first-order chi connectivity index (χ1) is 15.7. The quantitative estimate of drug-likeness (QED) is 0.411. The molecule has 0 aliphatic heterocycles. The molecule has 34 heavy (non-hydrogen) atoms. The molecule has 0 radical (unpaired) electrons. The third kappa shape index (κ3) is 5.46. The van der Waals surface area contributed by atoms with Crippen molar-refractivity contribution in [3.8, 4) is 22.4 Å². The fourth-order valence-corrected chi connectivity index (χ4v) is 3.20. The second kappa shape index (κ2) is 9.84. The maximum atomic E-state index is 12.9. The van der Waals surface area contributed by atoms with Crippen molar-refractivity contribution in [1.82, 2.24) is 20.2 Å². The summed E-state index contributed by atoms with van der Waals surface area (Å²) in [5, 5.41) is 9.38. The van der Waals surface area contributed by atoms with Crippen LogP contribution in [0.2, 0.25) is 0 Å². The molecule has 11 heteroatoms. The van der Waals surface area contributed by atoms with Gasteiger partial charge in [-0.05, 0) is 66.1 Å². The maximum absolute atomic E-state index is 12.9. The molecule has 0 atom stereocenters. The Hall–Kier alpha value is -4.05. The summed E-state index contributed by atoms with van der Waals surface area (Å²) in [6.45, 7) is 1.91. The zero-order valence-corrected chi connectivity index (χ0v) is 18.5. The minimum Gasteiger partial charge on any atom is -0.384 e. The smallest absolute Gasteiger partial charge is 0.384 e. The Kier molecular flexibility index (Phi) is 7.11. The van der Waals surface area contributed by atoms with Gasteiger partial charge in [0.1, 0.15) is 5.82 Å². The van der Waals surface area contributed by atoms with Crippen LogP contribution in [0.15, 0.2) is 67.1 Å². The summed E-state index contributed by atoms with van der Waals surface area (Å²) >= 11 is 0. The number of pyridine rings is 2. The predicted octanol–water partition coefficient (Wildman–Crippen LogP) is 5.18. The van der Waals surface area contributed by atoms with Gasteiger partial charge in [0, 0.05) is 23.6 Å². The van der Waals surface area contributed by atoms with Gasteiger partial charge in [0.2, 0.25) is 0 Å². The molecule has 1 aromatic carbocycles. The van der Waals surface area contributed by atoms with Crippen molar-refractivity contribution in [3.05, 3.63) is 83.9 Å². The minimum absolute atomic E-state index is 0. The number of halogens is 4. The topological polar surface area (TPSA) is 107 Å². The average molecular weight is 487 g/mol. The van der Waals surface area contributed by atoms with E-state index in [0.29, 0.717) is 29.5 Å². The van der Waals surface area contributed by atoms with Gasteiger partial charge in [0.25, 0.3) is 5.91 Å². The summed E-state index contributed by atoms with van der Waals surface area (Å²) in [5.41, 5.74) is 8.74. The summed E-state index contributed by atoms with van der Waals surface area (Å²) in [6, 6.07) is 13.0. The number of nitrogens with two attached hydrogens (primary N) is 1. The number of hydrogen-bond acceptors (Lipinski definition) is 6. The van der Waals surface area contributed by atoms with Gasteiger partial charge in [-0.1, -0.05) is 6.07 Å². The molecule has 7 nitrogen and oxygen atoms in total. The first-order valence-electron chi connectivity index (χ1n) is 9.71. The number of amides is 1. The first-order valence-corrected chi connectivity index (χ1v) is 9.71. The first kappa shape index (κ1) is 24.6. The maximum Gasteiger partial charge on any atom is 0.418 e. The highest BCUT2D eigenvalue weighted by molar-refractivity contribution is 6.03. The van der Waals surface area contributed by atoms with Gasteiger partial charge in [-0.25, -0.2) is 4.98 Å². The highest BCUT2D eigenvalue weighted by Crippen LogP contribution is 2.31. The van der Waals surface area contributed by atoms with Crippen LogP contribution in [0.4, 0.5) is 24.7 Å². The largest absolute Gasteiger partial charge is 0.418 e. The molecule has 0 spiro atoms. The van der Waals surface area contributed by atoms with Gasteiger partial charge in [-0.2, -0.15) is 18.3 Å². The van der Waals surface area contributed by atoms with E-state index in [1.807, 2.05) is 19.1 Å². The number of nitrogens with one attached hydrogen (secondary N) is 1. The zero-order valence-electron chi connectivity index (χ0n) is 17.7. The Morgan fingerprint density at radius 3 is 2.44 bits per heavy atom. The van der Waals surface area contributed by atoms with Crippen LogP contribution in [0.3, 0.4) is 0 Å². The average Bonchev–Trinajstić information content (AvgIpc) is 2.80. The Labute approximate surface area is 198 Å². The number of rotatable bonds is 4. The molecule has 3 aromatic heterocycles. The van der Waals surface area contributed by atoms with E-state index in [-0.39, 0.29) is 12.4 Å².